The molecule has 1 aromatic heterocycles. The van der Waals surface area contributed by atoms with Gasteiger partial charge in [-0.15, -0.1) is 0 Å². The topological polar surface area (TPSA) is 90.0 Å². The van der Waals surface area contributed by atoms with Crippen LogP contribution in [0.25, 0.3) is 11.3 Å². The van der Waals surface area contributed by atoms with Crippen molar-refractivity contribution in [1.82, 2.24) is 9.78 Å². The maximum absolute atomic E-state index is 13.4. The Morgan fingerprint density at radius 2 is 1.59 bits per heavy atom. The van der Waals surface area contributed by atoms with Crippen LogP contribution in [0, 0.1) is 0 Å². The molecular formula is C25H19F3N4O2. The van der Waals surface area contributed by atoms with Crippen LogP contribution in [-0.4, -0.2) is 15.7 Å². The molecule has 34 heavy (non-hydrogen) atoms. The summed E-state index contributed by atoms with van der Waals surface area (Å²) in [6, 6.07) is 20.8. The minimum atomic E-state index is -4.56. The van der Waals surface area contributed by atoms with Gasteiger partial charge in [-0.3, -0.25) is 9.59 Å². The average molecular weight is 464 g/mol. The van der Waals surface area contributed by atoms with E-state index in [4.69, 9.17) is 5.73 Å². The number of benzene rings is 3. The van der Waals surface area contributed by atoms with Crippen molar-refractivity contribution in [3.05, 3.63) is 112 Å². The molecule has 0 atom stereocenters. The number of nitrogens with zero attached hydrogens (tertiary/aromatic N) is 2. The van der Waals surface area contributed by atoms with E-state index in [9.17, 15) is 22.8 Å². The molecule has 0 saturated heterocycles. The summed E-state index contributed by atoms with van der Waals surface area (Å²) in [4.78, 5) is 24.8. The van der Waals surface area contributed by atoms with Gasteiger partial charge in [0.1, 0.15) is 0 Å². The molecule has 0 fully saturated rings. The summed E-state index contributed by atoms with van der Waals surface area (Å²) < 4.78 is 41.2. The number of rotatable bonds is 5. The fourth-order valence-electron chi connectivity index (χ4n) is 3.40. The second kappa shape index (κ2) is 9.22. The van der Waals surface area contributed by atoms with Crippen LogP contribution in [0.5, 0.6) is 0 Å². The summed E-state index contributed by atoms with van der Waals surface area (Å²) in [6.45, 7) is 0.0222. The fourth-order valence-corrected chi connectivity index (χ4v) is 3.40. The molecule has 0 bridgehead atoms. The molecule has 0 aliphatic rings. The number of para-hydroxylation sites is 2. The number of carbonyl (C=O) groups is 1. The molecule has 6 nitrogen and oxygen atoms in total. The van der Waals surface area contributed by atoms with Crippen LogP contribution in [0.1, 0.15) is 21.5 Å². The van der Waals surface area contributed by atoms with E-state index in [0.717, 1.165) is 10.7 Å². The molecule has 3 N–H and O–H groups in total. The number of amides is 1. The zero-order valence-electron chi connectivity index (χ0n) is 17.7. The van der Waals surface area contributed by atoms with Gasteiger partial charge in [0.2, 0.25) is 0 Å². The molecule has 172 valence electrons. The third-order valence-corrected chi connectivity index (χ3v) is 5.13. The summed E-state index contributed by atoms with van der Waals surface area (Å²) in [5.74, 6) is -0.356. The van der Waals surface area contributed by atoms with Crippen molar-refractivity contribution >= 4 is 17.3 Å². The van der Waals surface area contributed by atoms with Crippen LogP contribution in [0.3, 0.4) is 0 Å². The second-order valence-corrected chi connectivity index (χ2v) is 7.50. The van der Waals surface area contributed by atoms with E-state index < -0.39 is 17.3 Å². The lowest BCUT2D eigenvalue weighted by molar-refractivity contribution is -0.137. The highest BCUT2D eigenvalue weighted by Crippen LogP contribution is 2.35. The zero-order valence-corrected chi connectivity index (χ0v) is 17.7. The first-order valence-corrected chi connectivity index (χ1v) is 10.2. The van der Waals surface area contributed by atoms with E-state index in [2.05, 4.69) is 10.4 Å². The Kier molecular flexibility index (Phi) is 6.18. The van der Waals surface area contributed by atoms with Crippen molar-refractivity contribution < 1.29 is 18.0 Å². The SMILES string of the molecule is Nc1ccccc1NC(=O)c1ccc(Cn2nc(-c3ccccc3C(F)(F)F)ccc2=O)cc1. The lowest BCUT2D eigenvalue weighted by Crippen LogP contribution is -2.23. The molecular weight excluding hydrogens is 445 g/mol. The van der Waals surface area contributed by atoms with Gasteiger partial charge in [0.15, 0.2) is 0 Å². The van der Waals surface area contributed by atoms with Crippen LogP contribution in [0.4, 0.5) is 24.5 Å². The molecule has 1 heterocycles. The monoisotopic (exact) mass is 464 g/mol. The van der Waals surface area contributed by atoms with Gasteiger partial charge in [-0.2, -0.15) is 18.3 Å². The van der Waals surface area contributed by atoms with Gasteiger partial charge in [-0.1, -0.05) is 42.5 Å². The highest BCUT2D eigenvalue weighted by Gasteiger charge is 2.33. The summed E-state index contributed by atoms with van der Waals surface area (Å²) >= 11 is 0. The largest absolute Gasteiger partial charge is 0.417 e. The van der Waals surface area contributed by atoms with Gasteiger partial charge in [0.25, 0.3) is 11.5 Å². The zero-order chi connectivity index (χ0) is 24.3. The summed E-state index contributed by atoms with van der Waals surface area (Å²) in [7, 11) is 0. The molecule has 0 spiro atoms. The predicted molar refractivity (Wildman–Crippen MR) is 123 cm³/mol. The van der Waals surface area contributed by atoms with E-state index in [1.807, 2.05) is 0 Å². The molecule has 4 aromatic rings. The minimum Gasteiger partial charge on any atom is -0.397 e. The normalized spacial score (nSPS) is 11.3. The van der Waals surface area contributed by atoms with Crippen LogP contribution in [0.2, 0.25) is 0 Å². The number of nitrogen functional groups attached to an aromatic ring is 1. The second-order valence-electron chi connectivity index (χ2n) is 7.50. The van der Waals surface area contributed by atoms with Gasteiger partial charge in [0.05, 0.1) is 29.2 Å². The van der Waals surface area contributed by atoms with E-state index >= 15 is 0 Å². The highest BCUT2D eigenvalue weighted by molar-refractivity contribution is 6.05. The van der Waals surface area contributed by atoms with Crippen molar-refractivity contribution in [3.8, 4) is 11.3 Å². The van der Waals surface area contributed by atoms with Crippen LogP contribution in [0.15, 0.2) is 89.7 Å². The standard InChI is InChI=1S/C25H19F3N4O2/c26-25(27,28)19-6-2-1-5-18(19)21-13-14-23(33)32(31-21)15-16-9-11-17(12-10-16)24(34)30-22-8-4-3-7-20(22)29/h1-14H,15,29H2,(H,30,34). The number of hydrogen-bond donors (Lipinski definition) is 2. The summed E-state index contributed by atoms with van der Waals surface area (Å²) in [5, 5.41) is 6.87. The van der Waals surface area contributed by atoms with Crippen LogP contribution in [-0.2, 0) is 12.7 Å². The number of alkyl halides is 3. The van der Waals surface area contributed by atoms with Gasteiger partial charge in [-0.05, 0) is 42.0 Å². The van der Waals surface area contributed by atoms with E-state index in [1.54, 1.807) is 48.5 Å². The molecule has 0 aliphatic heterocycles. The summed E-state index contributed by atoms with van der Waals surface area (Å²) in [5.41, 5.74) is 6.41. The molecule has 9 heteroatoms. The predicted octanol–water partition coefficient (Wildman–Crippen LogP) is 4.81. The molecule has 1 amide bonds. The van der Waals surface area contributed by atoms with Gasteiger partial charge in [-0.25, -0.2) is 4.68 Å². The average Bonchev–Trinajstić information content (AvgIpc) is 2.82. The molecule has 0 saturated carbocycles. The Bertz CT molecular complexity index is 1400. The number of anilines is 2. The van der Waals surface area contributed by atoms with Crippen LogP contribution >= 0.6 is 0 Å². The maximum Gasteiger partial charge on any atom is 0.417 e. The molecule has 4 rings (SSSR count). The van der Waals surface area contributed by atoms with Gasteiger partial charge in [0, 0.05) is 17.2 Å². The Morgan fingerprint density at radius 3 is 2.29 bits per heavy atom. The third-order valence-electron chi connectivity index (χ3n) is 5.13. The Balaban J connectivity index is 1.56. The van der Waals surface area contributed by atoms with Gasteiger partial charge < -0.3 is 11.1 Å². The number of carbonyl (C=O) groups excluding carboxylic acids is 1. The van der Waals surface area contributed by atoms with Crippen molar-refractivity contribution in [2.75, 3.05) is 11.1 Å². The summed E-state index contributed by atoms with van der Waals surface area (Å²) in [6.07, 6.45) is -4.56. The van der Waals surface area contributed by atoms with E-state index in [1.165, 1.54) is 30.3 Å². The molecule has 0 radical (unpaired) electrons. The Labute approximate surface area is 192 Å². The minimum absolute atomic E-state index is 0.0222. The van der Waals surface area contributed by atoms with E-state index in [0.29, 0.717) is 22.5 Å². The van der Waals surface area contributed by atoms with Gasteiger partial charge >= 0.3 is 6.18 Å². The molecule has 3 aromatic carbocycles. The first kappa shape index (κ1) is 22.8. The number of halogens is 3. The van der Waals surface area contributed by atoms with E-state index in [-0.39, 0.29) is 23.7 Å². The maximum atomic E-state index is 13.4. The van der Waals surface area contributed by atoms with Crippen molar-refractivity contribution in [2.24, 2.45) is 0 Å². The quantitative estimate of drug-likeness (QED) is 0.415. The Hall–Kier alpha value is -4.40. The number of nitrogens with two attached hydrogens (primary N) is 1. The third kappa shape index (κ3) is 4.98. The fraction of sp³-hybridized carbons (Fsp3) is 0.0800. The number of aromatic nitrogens is 2. The molecule has 0 aliphatic carbocycles. The number of hydrogen-bond acceptors (Lipinski definition) is 4. The first-order valence-electron chi connectivity index (χ1n) is 10.2. The van der Waals surface area contributed by atoms with Crippen molar-refractivity contribution in [2.45, 2.75) is 12.7 Å². The Morgan fingerprint density at radius 1 is 0.912 bits per heavy atom. The van der Waals surface area contributed by atoms with Crippen molar-refractivity contribution in [1.29, 1.82) is 0 Å². The lowest BCUT2D eigenvalue weighted by atomic mass is 10.0. The molecule has 0 unspecified atom stereocenters. The lowest BCUT2D eigenvalue weighted by Gasteiger charge is -2.13. The first-order chi connectivity index (χ1) is 16.2. The number of nitrogens with one attached hydrogen (secondary N) is 1. The highest BCUT2D eigenvalue weighted by atomic mass is 19.4. The van der Waals surface area contributed by atoms with Crippen LogP contribution < -0.4 is 16.6 Å². The van der Waals surface area contributed by atoms with Crippen molar-refractivity contribution in [3.63, 3.8) is 0 Å². The smallest absolute Gasteiger partial charge is 0.397 e.